The highest BCUT2D eigenvalue weighted by molar-refractivity contribution is 5.54. The van der Waals surface area contributed by atoms with E-state index in [1.54, 1.807) is 0 Å². The Morgan fingerprint density at radius 2 is 2.36 bits per heavy atom. The summed E-state index contributed by atoms with van der Waals surface area (Å²) in [4.78, 5) is 0. The van der Waals surface area contributed by atoms with Crippen LogP contribution in [0.1, 0.15) is 31.9 Å². The van der Waals surface area contributed by atoms with Crippen LogP contribution in [-0.2, 0) is 13.0 Å². The van der Waals surface area contributed by atoms with Gasteiger partial charge in [0, 0.05) is 24.9 Å². The molecule has 0 amide bonds. The summed E-state index contributed by atoms with van der Waals surface area (Å²) in [6, 6.07) is 2.17. The molecule has 1 aromatic heterocycles. The van der Waals surface area contributed by atoms with E-state index >= 15 is 0 Å². The Kier molecular flexibility index (Phi) is 2.92. The quantitative estimate of drug-likeness (QED) is 0.722. The number of nitrogens with one attached hydrogen (secondary N) is 1. The second-order valence-electron chi connectivity index (χ2n) is 3.83. The molecule has 2 heteroatoms. The van der Waals surface area contributed by atoms with Gasteiger partial charge in [0.25, 0.3) is 0 Å². The van der Waals surface area contributed by atoms with Gasteiger partial charge in [0.15, 0.2) is 0 Å². The van der Waals surface area contributed by atoms with Gasteiger partial charge in [-0.2, -0.15) is 0 Å². The minimum absolute atomic E-state index is 1.07. The molecule has 0 fully saturated rings. The second kappa shape index (κ2) is 4.36. The van der Waals surface area contributed by atoms with Gasteiger partial charge in [-0.15, -0.1) is 0 Å². The molecule has 0 aliphatic carbocycles. The van der Waals surface area contributed by atoms with Gasteiger partial charge < -0.3 is 9.88 Å². The molecule has 14 heavy (non-hydrogen) atoms. The maximum atomic E-state index is 3.27. The Labute approximate surface area is 85.6 Å². The predicted molar refractivity (Wildman–Crippen MR) is 60.4 cm³/mol. The molecule has 2 rings (SSSR count). The van der Waals surface area contributed by atoms with Gasteiger partial charge in [-0.05, 0) is 18.7 Å². The summed E-state index contributed by atoms with van der Waals surface area (Å²) >= 11 is 0. The van der Waals surface area contributed by atoms with Crippen LogP contribution in [0.15, 0.2) is 24.5 Å². The van der Waals surface area contributed by atoms with E-state index in [1.807, 2.05) is 6.20 Å². The van der Waals surface area contributed by atoms with Crippen molar-refractivity contribution in [2.24, 2.45) is 0 Å². The number of nitrogens with zero attached hydrogens (tertiary/aromatic N) is 1. The highest BCUT2D eigenvalue weighted by Gasteiger charge is 2.08. The lowest BCUT2D eigenvalue weighted by molar-refractivity contribution is 0.591. The minimum Gasteiger partial charge on any atom is -0.361 e. The van der Waals surface area contributed by atoms with E-state index < -0.39 is 0 Å². The van der Waals surface area contributed by atoms with E-state index in [-0.39, 0.29) is 0 Å². The number of allylic oxidation sites excluding steroid dienone is 1. The average Bonchev–Trinajstić information content (AvgIpc) is 2.63. The largest absolute Gasteiger partial charge is 0.361 e. The number of aromatic nitrogens is 1. The lowest BCUT2D eigenvalue weighted by atomic mass is 10.2. The highest BCUT2D eigenvalue weighted by atomic mass is 15.0. The van der Waals surface area contributed by atoms with Gasteiger partial charge in [0.05, 0.1) is 5.69 Å². The Hall–Kier alpha value is -1.18. The van der Waals surface area contributed by atoms with Crippen molar-refractivity contribution in [3.8, 4) is 0 Å². The maximum Gasteiger partial charge on any atom is 0.0595 e. The molecular formula is C12H18N2. The summed E-state index contributed by atoms with van der Waals surface area (Å²) in [7, 11) is 0. The number of hydrogen-bond donors (Lipinski definition) is 1. The van der Waals surface area contributed by atoms with Crippen molar-refractivity contribution in [3.63, 3.8) is 0 Å². The summed E-state index contributed by atoms with van der Waals surface area (Å²) in [5, 5.41) is 3.27. The van der Waals surface area contributed by atoms with Gasteiger partial charge in [0.2, 0.25) is 0 Å². The number of anilines is 1. The number of unbranched alkanes of at least 4 members (excludes halogenated alkanes) is 2. The second-order valence-corrected chi connectivity index (χ2v) is 3.83. The van der Waals surface area contributed by atoms with E-state index in [4.69, 9.17) is 0 Å². The van der Waals surface area contributed by atoms with Crippen LogP contribution < -0.4 is 5.32 Å². The van der Waals surface area contributed by atoms with Crippen LogP contribution in [0.4, 0.5) is 5.69 Å². The normalized spacial score (nSPS) is 13.8. The molecule has 0 bridgehead atoms. The Morgan fingerprint density at radius 3 is 3.21 bits per heavy atom. The molecule has 1 aliphatic rings. The zero-order valence-electron chi connectivity index (χ0n) is 8.79. The molecular weight excluding hydrogens is 172 g/mol. The summed E-state index contributed by atoms with van der Waals surface area (Å²) in [6.45, 7) is 3.41. The fourth-order valence-corrected chi connectivity index (χ4v) is 1.92. The first-order chi connectivity index (χ1) is 6.92. The zero-order valence-corrected chi connectivity index (χ0v) is 8.79. The monoisotopic (exact) mass is 190 g/mol. The lowest BCUT2D eigenvalue weighted by Crippen LogP contribution is -2.06. The van der Waals surface area contributed by atoms with E-state index in [9.17, 15) is 0 Å². The van der Waals surface area contributed by atoms with Crippen LogP contribution in [0, 0.1) is 0 Å². The molecule has 76 valence electrons. The first kappa shape index (κ1) is 9.38. The molecule has 0 aromatic carbocycles. The third-order valence-electron chi connectivity index (χ3n) is 2.75. The van der Waals surface area contributed by atoms with Crippen LogP contribution in [0.3, 0.4) is 0 Å². The van der Waals surface area contributed by atoms with Gasteiger partial charge in [-0.3, -0.25) is 0 Å². The van der Waals surface area contributed by atoms with Crippen molar-refractivity contribution >= 4 is 5.69 Å². The molecule has 1 aliphatic heterocycles. The Balaban J connectivity index is 2.01. The van der Waals surface area contributed by atoms with E-state index in [0.29, 0.717) is 0 Å². The van der Waals surface area contributed by atoms with Crippen LogP contribution >= 0.6 is 0 Å². The summed E-state index contributed by atoms with van der Waals surface area (Å²) in [5.41, 5.74) is 2.72. The topological polar surface area (TPSA) is 17.0 Å². The molecule has 0 spiro atoms. The fourth-order valence-electron chi connectivity index (χ4n) is 1.92. The highest BCUT2D eigenvalue weighted by Crippen LogP contribution is 2.22. The van der Waals surface area contributed by atoms with Gasteiger partial charge >= 0.3 is 0 Å². The van der Waals surface area contributed by atoms with Crippen molar-refractivity contribution in [2.75, 3.05) is 5.32 Å². The van der Waals surface area contributed by atoms with Crippen LogP contribution in [0.5, 0.6) is 0 Å². The minimum atomic E-state index is 1.07. The standard InChI is InChI=1S/C12H18N2/c1-2-3-4-9-14-10-7-11-12(14)6-5-8-13-11/h5,7-8,10,13H,2-4,6,9H2,1H3. The molecule has 1 aromatic rings. The van der Waals surface area contributed by atoms with Crippen molar-refractivity contribution in [1.29, 1.82) is 0 Å². The third kappa shape index (κ3) is 1.84. The maximum absolute atomic E-state index is 3.27. The zero-order chi connectivity index (χ0) is 9.80. The predicted octanol–water partition coefficient (Wildman–Crippen LogP) is 3.16. The molecule has 0 saturated carbocycles. The van der Waals surface area contributed by atoms with Crippen molar-refractivity contribution in [1.82, 2.24) is 4.57 Å². The van der Waals surface area contributed by atoms with Crippen molar-refractivity contribution in [2.45, 2.75) is 39.2 Å². The molecule has 0 atom stereocenters. The van der Waals surface area contributed by atoms with Crippen LogP contribution in [0.2, 0.25) is 0 Å². The molecule has 0 saturated heterocycles. The summed E-state index contributed by atoms with van der Waals surface area (Å²) in [5.74, 6) is 0. The molecule has 1 N–H and O–H groups in total. The van der Waals surface area contributed by atoms with E-state index in [2.05, 4.69) is 35.1 Å². The first-order valence-electron chi connectivity index (χ1n) is 5.51. The SMILES string of the molecule is CCCCCn1ccc2c1CC=CN2. The van der Waals surface area contributed by atoms with Gasteiger partial charge in [-0.25, -0.2) is 0 Å². The summed E-state index contributed by atoms with van der Waals surface area (Å²) < 4.78 is 2.38. The lowest BCUT2D eigenvalue weighted by Gasteiger charge is -2.12. The number of aryl methyl sites for hydroxylation is 1. The first-order valence-corrected chi connectivity index (χ1v) is 5.51. The molecule has 0 unspecified atom stereocenters. The fraction of sp³-hybridized carbons (Fsp3) is 0.500. The van der Waals surface area contributed by atoms with E-state index in [0.717, 1.165) is 6.42 Å². The summed E-state index contributed by atoms with van der Waals surface area (Å²) in [6.07, 6.45) is 11.4. The number of hydrogen-bond acceptors (Lipinski definition) is 1. The van der Waals surface area contributed by atoms with Gasteiger partial charge in [-0.1, -0.05) is 25.8 Å². The molecule has 2 nitrogen and oxygen atoms in total. The van der Waals surface area contributed by atoms with Crippen molar-refractivity contribution in [3.05, 3.63) is 30.2 Å². The number of rotatable bonds is 4. The Bertz CT molecular complexity index is 323. The molecule has 2 heterocycles. The van der Waals surface area contributed by atoms with Crippen molar-refractivity contribution < 1.29 is 0 Å². The third-order valence-corrected chi connectivity index (χ3v) is 2.75. The Morgan fingerprint density at radius 1 is 1.43 bits per heavy atom. The number of fused-ring (bicyclic) bond motifs is 1. The smallest absolute Gasteiger partial charge is 0.0595 e. The average molecular weight is 190 g/mol. The van der Waals surface area contributed by atoms with E-state index in [1.165, 1.54) is 37.2 Å². The molecule has 0 radical (unpaired) electrons. The van der Waals surface area contributed by atoms with Crippen LogP contribution in [0.25, 0.3) is 0 Å². The van der Waals surface area contributed by atoms with Gasteiger partial charge in [0.1, 0.15) is 0 Å². The van der Waals surface area contributed by atoms with Crippen LogP contribution in [-0.4, -0.2) is 4.57 Å².